The van der Waals surface area contributed by atoms with Crippen LogP contribution in [0.15, 0.2) is 36.5 Å². The molecular weight excluding hydrogens is 365 g/mol. The minimum atomic E-state index is -1.19. The normalized spacial score (nSPS) is 18.1. The van der Waals surface area contributed by atoms with E-state index in [1.54, 1.807) is 15.9 Å². The van der Waals surface area contributed by atoms with Crippen molar-refractivity contribution in [3.05, 3.63) is 48.0 Å². The van der Waals surface area contributed by atoms with Crippen LogP contribution >= 0.6 is 0 Å². The van der Waals surface area contributed by atoms with E-state index in [0.717, 1.165) is 6.07 Å². The van der Waals surface area contributed by atoms with Gasteiger partial charge in [0.2, 0.25) is 0 Å². The Morgan fingerprint density at radius 2 is 1.71 bits per heavy atom. The fourth-order valence-corrected chi connectivity index (χ4v) is 3.32. The number of carbonyl (C=O) groups excluding carboxylic acids is 2. The van der Waals surface area contributed by atoms with Crippen LogP contribution in [0.25, 0.3) is 11.1 Å². The SMILES string of the molecule is O=C(c1ccc(-c2ccc(O)cc2F)cn1)N1CCN(C(=O)C2(O)CC2)CC1. The predicted molar refractivity (Wildman–Crippen MR) is 98.0 cm³/mol. The van der Waals surface area contributed by atoms with Crippen LogP contribution in [0.5, 0.6) is 5.75 Å². The zero-order valence-corrected chi connectivity index (χ0v) is 15.1. The highest BCUT2D eigenvalue weighted by molar-refractivity contribution is 5.93. The van der Waals surface area contributed by atoms with Gasteiger partial charge in [-0.05, 0) is 31.0 Å². The van der Waals surface area contributed by atoms with Gasteiger partial charge in [0.05, 0.1) is 0 Å². The number of hydrogen-bond donors (Lipinski definition) is 2. The first-order valence-corrected chi connectivity index (χ1v) is 9.13. The predicted octanol–water partition coefficient (Wildman–Crippen LogP) is 1.40. The highest BCUT2D eigenvalue weighted by Crippen LogP contribution is 2.37. The summed E-state index contributed by atoms with van der Waals surface area (Å²) in [5.41, 5.74) is -0.160. The Morgan fingerprint density at radius 3 is 2.29 bits per heavy atom. The molecule has 0 spiro atoms. The third-order valence-electron chi connectivity index (χ3n) is 5.22. The second-order valence-corrected chi connectivity index (χ2v) is 7.21. The van der Waals surface area contributed by atoms with Gasteiger partial charge in [-0.3, -0.25) is 14.6 Å². The molecule has 2 fully saturated rings. The van der Waals surface area contributed by atoms with Gasteiger partial charge in [-0.25, -0.2) is 4.39 Å². The highest BCUT2D eigenvalue weighted by atomic mass is 19.1. The molecule has 8 heteroatoms. The van der Waals surface area contributed by atoms with E-state index in [9.17, 15) is 24.2 Å². The number of phenols is 1. The molecular formula is C20H20FN3O4. The van der Waals surface area contributed by atoms with Crippen molar-refractivity contribution in [2.24, 2.45) is 0 Å². The smallest absolute Gasteiger partial charge is 0.272 e. The zero-order chi connectivity index (χ0) is 19.9. The van der Waals surface area contributed by atoms with Crippen LogP contribution in [0.3, 0.4) is 0 Å². The quantitative estimate of drug-likeness (QED) is 0.833. The molecule has 1 aliphatic heterocycles. The number of carbonyl (C=O) groups is 2. The largest absolute Gasteiger partial charge is 0.508 e. The Bertz CT molecular complexity index is 920. The summed E-state index contributed by atoms with van der Waals surface area (Å²) in [5.74, 6) is -1.24. The molecule has 28 heavy (non-hydrogen) atoms. The first-order valence-electron chi connectivity index (χ1n) is 9.13. The van der Waals surface area contributed by atoms with Crippen molar-refractivity contribution >= 4 is 11.8 Å². The molecule has 2 aliphatic rings. The van der Waals surface area contributed by atoms with Crippen LogP contribution in [0.4, 0.5) is 4.39 Å². The lowest BCUT2D eigenvalue weighted by Crippen LogP contribution is -2.53. The standard InChI is InChI=1S/C20H20FN3O4/c21-16-11-14(25)2-3-15(16)13-1-4-17(22-12-13)18(26)23-7-9-24(10-8-23)19(27)20(28)5-6-20/h1-4,11-12,25,28H,5-10H2. The average Bonchev–Trinajstić information content (AvgIpc) is 3.46. The second kappa shape index (κ2) is 6.87. The van der Waals surface area contributed by atoms with E-state index in [2.05, 4.69) is 4.98 Å². The molecule has 0 radical (unpaired) electrons. The maximum Gasteiger partial charge on any atom is 0.272 e. The molecule has 2 N–H and O–H groups in total. The number of rotatable bonds is 3. The third kappa shape index (κ3) is 3.43. The van der Waals surface area contributed by atoms with Gasteiger partial charge in [-0.2, -0.15) is 0 Å². The van der Waals surface area contributed by atoms with Crippen LogP contribution < -0.4 is 0 Å². The van der Waals surface area contributed by atoms with Crippen molar-refractivity contribution < 1.29 is 24.2 Å². The molecule has 1 aromatic carbocycles. The molecule has 0 atom stereocenters. The number of halogens is 1. The molecule has 1 aliphatic carbocycles. The first kappa shape index (κ1) is 18.4. The number of aromatic hydroxyl groups is 1. The van der Waals surface area contributed by atoms with Crippen molar-refractivity contribution in [2.75, 3.05) is 26.2 Å². The van der Waals surface area contributed by atoms with Crippen molar-refractivity contribution in [3.8, 4) is 16.9 Å². The van der Waals surface area contributed by atoms with Gasteiger partial charge in [0.15, 0.2) is 0 Å². The monoisotopic (exact) mass is 385 g/mol. The molecule has 0 unspecified atom stereocenters. The minimum absolute atomic E-state index is 0.160. The number of nitrogens with zero attached hydrogens (tertiary/aromatic N) is 3. The van der Waals surface area contributed by atoms with Crippen molar-refractivity contribution in [3.63, 3.8) is 0 Å². The lowest BCUT2D eigenvalue weighted by molar-refractivity contribution is -0.143. The van der Waals surface area contributed by atoms with Crippen LogP contribution in [-0.4, -0.2) is 68.6 Å². The van der Waals surface area contributed by atoms with E-state index in [4.69, 9.17) is 0 Å². The van der Waals surface area contributed by atoms with Gasteiger partial charge in [0.1, 0.15) is 22.9 Å². The van der Waals surface area contributed by atoms with Crippen molar-refractivity contribution in [2.45, 2.75) is 18.4 Å². The van der Waals surface area contributed by atoms with E-state index >= 15 is 0 Å². The number of amides is 2. The number of piperazine rings is 1. The Morgan fingerprint density at radius 1 is 1.04 bits per heavy atom. The average molecular weight is 385 g/mol. The summed E-state index contributed by atoms with van der Waals surface area (Å²) in [4.78, 5) is 32.2. The van der Waals surface area contributed by atoms with E-state index in [0.29, 0.717) is 44.6 Å². The summed E-state index contributed by atoms with van der Waals surface area (Å²) < 4.78 is 14.0. The maximum atomic E-state index is 14.0. The zero-order valence-electron chi connectivity index (χ0n) is 15.1. The summed E-state index contributed by atoms with van der Waals surface area (Å²) in [6, 6.07) is 7.00. The van der Waals surface area contributed by atoms with Crippen molar-refractivity contribution in [1.82, 2.24) is 14.8 Å². The van der Waals surface area contributed by atoms with Gasteiger partial charge in [0.25, 0.3) is 11.8 Å². The second-order valence-electron chi connectivity index (χ2n) is 7.21. The lowest BCUT2D eigenvalue weighted by Gasteiger charge is -2.35. The third-order valence-corrected chi connectivity index (χ3v) is 5.22. The number of phenolic OH excluding ortho intramolecular Hbond substituents is 1. The van der Waals surface area contributed by atoms with Gasteiger partial charge in [-0.15, -0.1) is 0 Å². The van der Waals surface area contributed by atoms with Gasteiger partial charge >= 0.3 is 0 Å². The highest BCUT2D eigenvalue weighted by Gasteiger charge is 2.50. The Hall–Kier alpha value is -3.00. The molecule has 2 aromatic rings. The number of aromatic nitrogens is 1. The summed E-state index contributed by atoms with van der Waals surface area (Å²) in [5, 5.41) is 19.2. The summed E-state index contributed by atoms with van der Waals surface area (Å²) in [6.45, 7) is 1.50. The summed E-state index contributed by atoms with van der Waals surface area (Å²) >= 11 is 0. The molecule has 1 saturated heterocycles. The Labute approximate surface area is 161 Å². The van der Waals surface area contributed by atoms with Gasteiger partial charge < -0.3 is 20.0 Å². The van der Waals surface area contributed by atoms with E-state index in [1.807, 2.05) is 0 Å². The van der Waals surface area contributed by atoms with E-state index in [-0.39, 0.29) is 28.8 Å². The van der Waals surface area contributed by atoms with Gasteiger partial charge in [0, 0.05) is 49.6 Å². The molecule has 1 aromatic heterocycles. The number of hydrogen-bond acceptors (Lipinski definition) is 5. The minimum Gasteiger partial charge on any atom is -0.508 e. The summed E-state index contributed by atoms with van der Waals surface area (Å²) in [6.07, 6.45) is 2.43. The van der Waals surface area contributed by atoms with E-state index < -0.39 is 11.4 Å². The Kier molecular flexibility index (Phi) is 4.50. The molecule has 7 nitrogen and oxygen atoms in total. The Balaban J connectivity index is 1.41. The van der Waals surface area contributed by atoms with Crippen LogP contribution in [-0.2, 0) is 4.79 Å². The molecule has 1 saturated carbocycles. The maximum absolute atomic E-state index is 14.0. The molecule has 4 rings (SSSR count). The number of aliphatic hydroxyl groups is 1. The van der Waals surface area contributed by atoms with Crippen LogP contribution in [0.2, 0.25) is 0 Å². The fraction of sp³-hybridized carbons (Fsp3) is 0.350. The topological polar surface area (TPSA) is 94.0 Å². The molecule has 2 amide bonds. The van der Waals surface area contributed by atoms with Crippen molar-refractivity contribution in [1.29, 1.82) is 0 Å². The number of benzene rings is 1. The van der Waals surface area contributed by atoms with Crippen LogP contribution in [0, 0.1) is 5.82 Å². The van der Waals surface area contributed by atoms with Gasteiger partial charge in [-0.1, -0.05) is 6.07 Å². The molecule has 2 heterocycles. The van der Waals surface area contributed by atoms with E-state index in [1.165, 1.54) is 24.4 Å². The fourth-order valence-electron chi connectivity index (χ4n) is 3.32. The molecule has 146 valence electrons. The first-order chi connectivity index (χ1) is 13.4. The van der Waals surface area contributed by atoms with Crippen LogP contribution in [0.1, 0.15) is 23.3 Å². The molecule has 0 bridgehead atoms. The lowest BCUT2D eigenvalue weighted by atomic mass is 10.1. The number of pyridine rings is 1. The summed E-state index contributed by atoms with van der Waals surface area (Å²) in [7, 11) is 0.